The Morgan fingerprint density at radius 1 is 1.05 bits per heavy atom. The van der Waals surface area contributed by atoms with Crippen LogP contribution in [-0.4, -0.2) is 53.4 Å². The van der Waals surface area contributed by atoms with E-state index in [2.05, 4.69) is 0 Å². The number of carboxylic acids is 1. The van der Waals surface area contributed by atoms with E-state index in [9.17, 15) is 23.1 Å². The molecule has 0 aliphatic carbocycles. The van der Waals surface area contributed by atoms with Crippen molar-refractivity contribution in [1.82, 2.24) is 9.80 Å². The van der Waals surface area contributed by atoms with Crippen molar-refractivity contribution in [2.75, 3.05) is 26.2 Å². The van der Waals surface area contributed by atoms with E-state index >= 15 is 0 Å². The number of rotatable bonds is 3. The average Bonchev–Trinajstić information content (AvgIpc) is 2.46. The lowest BCUT2D eigenvalue weighted by Gasteiger charge is -2.43. The lowest BCUT2D eigenvalue weighted by molar-refractivity contribution is -0.254. The van der Waals surface area contributed by atoms with E-state index in [4.69, 9.17) is 0 Å². The highest BCUT2D eigenvalue weighted by Crippen LogP contribution is 2.31. The van der Waals surface area contributed by atoms with E-state index in [0.717, 1.165) is 0 Å². The van der Waals surface area contributed by atoms with E-state index in [1.165, 1.54) is 6.92 Å². The Bertz CT molecular complexity index is 505. The lowest BCUT2D eigenvalue weighted by Crippen LogP contribution is -2.59. The van der Waals surface area contributed by atoms with Crippen LogP contribution in [-0.2, 0) is 10.3 Å². The molecule has 1 aliphatic heterocycles. The van der Waals surface area contributed by atoms with Gasteiger partial charge >= 0.3 is 12.3 Å². The summed E-state index contributed by atoms with van der Waals surface area (Å²) in [5.74, 6) is -1.06. The van der Waals surface area contributed by atoms with Gasteiger partial charge in [0.25, 0.3) is 0 Å². The summed E-state index contributed by atoms with van der Waals surface area (Å²) in [6.07, 6.45) is -4.36. The van der Waals surface area contributed by atoms with Crippen LogP contribution in [0.4, 0.5) is 13.2 Å². The fraction of sp³-hybridized carbons (Fsp3) is 0.500. The van der Waals surface area contributed by atoms with E-state index in [0.29, 0.717) is 10.5 Å². The van der Waals surface area contributed by atoms with Gasteiger partial charge < -0.3 is 5.11 Å². The van der Waals surface area contributed by atoms with Crippen molar-refractivity contribution in [3.8, 4) is 0 Å². The van der Waals surface area contributed by atoms with Gasteiger partial charge in [0.2, 0.25) is 0 Å². The molecule has 1 fully saturated rings. The van der Waals surface area contributed by atoms with Crippen LogP contribution >= 0.6 is 12.4 Å². The second-order valence-electron chi connectivity index (χ2n) is 5.19. The Kier molecular flexibility index (Phi) is 5.83. The highest BCUT2D eigenvalue weighted by molar-refractivity contribution is 5.85. The van der Waals surface area contributed by atoms with Crippen LogP contribution in [0.2, 0.25) is 0 Å². The third-order valence-electron chi connectivity index (χ3n) is 4.02. The summed E-state index contributed by atoms with van der Waals surface area (Å²) in [5.41, 5.74) is -0.753. The van der Waals surface area contributed by atoms with Gasteiger partial charge in [-0.05, 0) is 12.5 Å². The first-order chi connectivity index (χ1) is 9.76. The molecule has 2 rings (SSSR count). The first-order valence-corrected chi connectivity index (χ1v) is 6.62. The average molecular weight is 339 g/mol. The molecule has 124 valence electrons. The summed E-state index contributed by atoms with van der Waals surface area (Å²) in [4.78, 5) is 13.7. The molecule has 1 aromatic carbocycles. The molecule has 22 heavy (non-hydrogen) atoms. The van der Waals surface area contributed by atoms with Gasteiger partial charge in [0.15, 0.2) is 0 Å². The predicted octanol–water partition coefficient (Wildman–Crippen LogP) is 2.55. The SMILES string of the molecule is CC(C(=O)O)(c1ccccc1)N1CCN(C(F)(F)F)CC1.Cl. The number of halogens is 4. The molecule has 1 atom stereocenters. The Morgan fingerprint density at radius 2 is 1.50 bits per heavy atom. The third kappa shape index (κ3) is 3.53. The van der Waals surface area contributed by atoms with Crippen molar-refractivity contribution < 1.29 is 23.1 Å². The largest absolute Gasteiger partial charge is 0.480 e. The molecule has 1 heterocycles. The highest BCUT2D eigenvalue weighted by atomic mass is 35.5. The van der Waals surface area contributed by atoms with E-state index in [-0.39, 0.29) is 38.6 Å². The zero-order valence-corrected chi connectivity index (χ0v) is 12.8. The van der Waals surface area contributed by atoms with Crippen LogP contribution < -0.4 is 0 Å². The van der Waals surface area contributed by atoms with Gasteiger partial charge in [0.1, 0.15) is 5.54 Å². The van der Waals surface area contributed by atoms with Crippen molar-refractivity contribution in [3.63, 3.8) is 0 Å². The first kappa shape index (κ1) is 18.7. The summed E-state index contributed by atoms with van der Waals surface area (Å²) in [6, 6.07) is 8.59. The van der Waals surface area contributed by atoms with Crippen LogP contribution in [0, 0.1) is 0 Å². The Balaban J connectivity index is 0.00000242. The number of piperazine rings is 1. The zero-order valence-electron chi connectivity index (χ0n) is 12.0. The van der Waals surface area contributed by atoms with E-state index in [1.54, 1.807) is 35.2 Å². The summed E-state index contributed by atoms with van der Waals surface area (Å²) in [5, 5.41) is 9.59. The highest BCUT2D eigenvalue weighted by Gasteiger charge is 2.46. The molecule has 0 spiro atoms. The minimum absolute atomic E-state index is 0. The van der Waals surface area contributed by atoms with Crippen LogP contribution in [0.15, 0.2) is 30.3 Å². The number of hydrogen-bond donors (Lipinski definition) is 1. The fourth-order valence-corrected chi connectivity index (χ4v) is 2.61. The molecule has 0 amide bonds. The van der Waals surface area contributed by atoms with Crippen molar-refractivity contribution >= 4 is 18.4 Å². The number of hydrogen-bond acceptors (Lipinski definition) is 3. The minimum atomic E-state index is -4.36. The molecule has 1 saturated heterocycles. The van der Waals surface area contributed by atoms with E-state index in [1.807, 2.05) is 0 Å². The number of carboxylic acid groups (broad SMARTS) is 1. The molecule has 1 N–H and O–H groups in total. The first-order valence-electron chi connectivity index (χ1n) is 6.62. The van der Waals surface area contributed by atoms with Gasteiger partial charge in [-0.15, -0.1) is 12.4 Å². The summed E-state index contributed by atoms with van der Waals surface area (Å²) in [7, 11) is 0. The number of nitrogens with zero attached hydrogens (tertiary/aromatic N) is 2. The Hall–Kier alpha value is -1.31. The summed E-state index contributed by atoms with van der Waals surface area (Å²) in [6.45, 7) is 1.20. The number of alkyl halides is 3. The van der Waals surface area contributed by atoms with Gasteiger partial charge in [-0.2, -0.15) is 13.2 Å². The summed E-state index contributed by atoms with van der Waals surface area (Å²) < 4.78 is 37.9. The van der Waals surface area contributed by atoms with Gasteiger partial charge in [0.05, 0.1) is 0 Å². The number of benzene rings is 1. The van der Waals surface area contributed by atoms with E-state index < -0.39 is 17.8 Å². The van der Waals surface area contributed by atoms with Crippen molar-refractivity contribution in [2.24, 2.45) is 0 Å². The molecule has 4 nitrogen and oxygen atoms in total. The maximum absolute atomic E-state index is 12.6. The maximum Gasteiger partial charge on any atom is 0.460 e. The monoisotopic (exact) mass is 338 g/mol. The topological polar surface area (TPSA) is 43.8 Å². The van der Waals surface area contributed by atoms with Crippen LogP contribution in [0.25, 0.3) is 0 Å². The molecule has 8 heteroatoms. The van der Waals surface area contributed by atoms with Gasteiger partial charge in [-0.1, -0.05) is 30.3 Å². The Morgan fingerprint density at radius 3 is 1.91 bits per heavy atom. The molecule has 1 aromatic rings. The van der Waals surface area contributed by atoms with Gasteiger partial charge in [0, 0.05) is 26.2 Å². The summed E-state index contributed by atoms with van der Waals surface area (Å²) >= 11 is 0. The zero-order chi connectivity index (χ0) is 15.7. The number of carbonyl (C=O) groups is 1. The van der Waals surface area contributed by atoms with Crippen molar-refractivity contribution in [1.29, 1.82) is 0 Å². The Labute approximate surface area is 132 Å². The third-order valence-corrected chi connectivity index (χ3v) is 4.02. The molecule has 1 aliphatic rings. The lowest BCUT2D eigenvalue weighted by atomic mass is 9.89. The van der Waals surface area contributed by atoms with Crippen LogP contribution in [0.3, 0.4) is 0 Å². The molecule has 0 bridgehead atoms. The van der Waals surface area contributed by atoms with Gasteiger partial charge in [-0.3, -0.25) is 4.90 Å². The predicted molar refractivity (Wildman–Crippen MR) is 77.9 cm³/mol. The molecule has 0 saturated carbocycles. The molecule has 0 aromatic heterocycles. The molecular weight excluding hydrogens is 321 g/mol. The van der Waals surface area contributed by atoms with Crippen LogP contribution in [0.5, 0.6) is 0 Å². The second-order valence-corrected chi connectivity index (χ2v) is 5.19. The quantitative estimate of drug-likeness (QED) is 0.860. The smallest absolute Gasteiger partial charge is 0.460 e. The molecular formula is C14H18ClF3N2O2. The van der Waals surface area contributed by atoms with Crippen LogP contribution in [0.1, 0.15) is 12.5 Å². The normalized spacial score (nSPS) is 20.0. The van der Waals surface area contributed by atoms with Crippen molar-refractivity contribution in [2.45, 2.75) is 18.8 Å². The molecule has 1 unspecified atom stereocenters. The number of aliphatic carboxylic acids is 1. The molecule has 0 radical (unpaired) electrons. The van der Waals surface area contributed by atoms with Crippen molar-refractivity contribution in [3.05, 3.63) is 35.9 Å². The maximum atomic E-state index is 12.6. The van der Waals surface area contributed by atoms with Gasteiger partial charge in [-0.25, -0.2) is 9.69 Å². The fourth-order valence-electron chi connectivity index (χ4n) is 2.61. The second kappa shape index (κ2) is 6.85. The minimum Gasteiger partial charge on any atom is -0.480 e. The standard InChI is InChI=1S/C14H17F3N2O2.ClH/c1-13(12(20)21,11-5-3-2-4-6-11)18-7-9-19(10-8-18)14(15,16)17;/h2-6H,7-10H2,1H3,(H,20,21);1H.